The highest BCUT2D eigenvalue weighted by Gasteiger charge is 2.15. The van der Waals surface area contributed by atoms with Gasteiger partial charge in [-0.15, -0.1) is 11.3 Å². The minimum Gasteiger partial charge on any atom is -0.484 e. The van der Waals surface area contributed by atoms with E-state index >= 15 is 0 Å². The number of amides is 1. The van der Waals surface area contributed by atoms with Crippen LogP contribution in [0.2, 0.25) is 5.02 Å². The normalized spacial score (nSPS) is 10.5. The van der Waals surface area contributed by atoms with Gasteiger partial charge >= 0.3 is 0 Å². The van der Waals surface area contributed by atoms with Gasteiger partial charge in [-0.05, 0) is 42.6 Å². The Kier molecular flexibility index (Phi) is 4.64. The van der Waals surface area contributed by atoms with Crippen LogP contribution >= 0.6 is 22.9 Å². The molecule has 0 aliphatic carbocycles. The highest BCUT2D eigenvalue weighted by atomic mass is 35.5. The van der Waals surface area contributed by atoms with Crippen LogP contribution in [0.4, 0.5) is 5.69 Å². The Balaban J connectivity index is 1.66. The smallest absolute Gasteiger partial charge is 0.262 e. The summed E-state index contributed by atoms with van der Waals surface area (Å²) in [6.45, 7) is 1.77. The number of aromatic nitrogens is 2. The lowest BCUT2D eigenvalue weighted by Gasteiger charge is -2.08. The molecular formula is C16H14ClN3O2S. The van der Waals surface area contributed by atoms with Crippen molar-refractivity contribution in [3.63, 3.8) is 0 Å². The number of ether oxygens (including phenoxy) is 1. The molecule has 0 unspecified atom stereocenters. The zero-order valence-corrected chi connectivity index (χ0v) is 13.9. The maximum Gasteiger partial charge on any atom is 0.262 e. The summed E-state index contributed by atoms with van der Waals surface area (Å²) in [6.07, 6.45) is 0. The Morgan fingerprint density at radius 1 is 1.35 bits per heavy atom. The Labute approximate surface area is 142 Å². The van der Waals surface area contributed by atoms with Gasteiger partial charge in [-0.25, -0.2) is 0 Å². The molecule has 0 fully saturated rings. The van der Waals surface area contributed by atoms with Crippen molar-refractivity contribution in [2.45, 2.75) is 6.92 Å². The summed E-state index contributed by atoms with van der Waals surface area (Å²) >= 11 is 7.37. The van der Waals surface area contributed by atoms with Gasteiger partial charge in [0.15, 0.2) is 6.61 Å². The van der Waals surface area contributed by atoms with E-state index < -0.39 is 0 Å². The fraction of sp³-hybridized carbons (Fsp3) is 0.125. The van der Waals surface area contributed by atoms with E-state index in [1.54, 1.807) is 35.6 Å². The van der Waals surface area contributed by atoms with Gasteiger partial charge in [-0.3, -0.25) is 9.89 Å². The molecule has 1 aromatic carbocycles. The molecule has 0 aliphatic heterocycles. The molecule has 3 rings (SSSR count). The summed E-state index contributed by atoms with van der Waals surface area (Å²) in [5.74, 6) is 0.342. The van der Waals surface area contributed by atoms with Crippen molar-refractivity contribution in [2.75, 3.05) is 11.9 Å². The molecule has 0 spiro atoms. The third-order valence-corrected chi connectivity index (χ3v) is 4.28. The first-order valence-corrected chi connectivity index (χ1v) is 8.16. The van der Waals surface area contributed by atoms with Crippen molar-refractivity contribution in [3.8, 4) is 16.3 Å². The molecule has 5 nitrogen and oxygen atoms in total. The van der Waals surface area contributed by atoms with Crippen molar-refractivity contribution in [1.82, 2.24) is 10.2 Å². The predicted molar refractivity (Wildman–Crippen MR) is 92.2 cm³/mol. The van der Waals surface area contributed by atoms with Crippen molar-refractivity contribution in [3.05, 3.63) is 52.5 Å². The molecule has 2 aromatic heterocycles. The van der Waals surface area contributed by atoms with Crippen molar-refractivity contribution < 1.29 is 9.53 Å². The van der Waals surface area contributed by atoms with Crippen LogP contribution in [0.3, 0.4) is 0 Å². The van der Waals surface area contributed by atoms with E-state index in [-0.39, 0.29) is 12.5 Å². The third kappa shape index (κ3) is 3.72. The average molecular weight is 348 g/mol. The number of H-pyrrole nitrogens is 1. The fourth-order valence-electron chi connectivity index (χ4n) is 2.03. The summed E-state index contributed by atoms with van der Waals surface area (Å²) < 4.78 is 5.44. The number of carbonyl (C=O) groups excluding carboxylic acids is 1. The second kappa shape index (κ2) is 6.85. The van der Waals surface area contributed by atoms with Crippen LogP contribution in [0, 0.1) is 6.92 Å². The Morgan fingerprint density at radius 3 is 2.83 bits per heavy atom. The number of nitrogens with one attached hydrogen (secondary N) is 2. The average Bonchev–Trinajstić information content (AvgIpc) is 3.18. The van der Waals surface area contributed by atoms with E-state index in [1.165, 1.54) is 0 Å². The number of anilines is 1. The van der Waals surface area contributed by atoms with E-state index in [4.69, 9.17) is 16.3 Å². The maximum absolute atomic E-state index is 12.1. The third-order valence-electron chi connectivity index (χ3n) is 3.15. The van der Waals surface area contributed by atoms with Gasteiger partial charge in [0.05, 0.1) is 16.3 Å². The second-order valence-corrected chi connectivity index (χ2v) is 6.22. The molecule has 0 saturated heterocycles. The van der Waals surface area contributed by atoms with Crippen LogP contribution in [0.1, 0.15) is 5.69 Å². The standard InChI is InChI=1S/C16H14ClN3O2S/c1-10-15(16(20-19-10)13-3-2-8-23-13)18-14(21)9-22-12-6-4-11(17)5-7-12/h2-8H,9H2,1H3,(H,18,21)(H,19,20). The van der Waals surface area contributed by atoms with Crippen LogP contribution < -0.4 is 10.1 Å². The van der Waals surface area contributed by atoms with Gasteiger partial charge in [0.25, 0.3) is 5.91 Å². The molecule has 2 heterocycles. The molecule has 7 heteroatoms. The second-order valence-electron chi connectivity index (χ2n) is 4.84. The van der Waals surface area contributed by atoms with E-state index in [2.05, 4.69) is 15.5 Å². The van der Waals surface area contributed by atoms with Crippen LogP contribution in [-0.2, 0) is 4.79 Å². The number of benzene rings is 1. The number of hydrogen-bond donors (Lipinski definition) is 2. The summed E-state index contributed by atoms with van der Waals surface area (Å²) in [6, 6.07) is 10.8. The highest BCUT2D eigenvalue weighted by Crippen LogP contribution is 2.31. The molecule has 118 valence electrons. The molecule has 0 bridgehead atoms. The number of aromatic amines is 1. The molecule has 0 saturated carbocycles. The van der Waals surface area contributed by atoms with Crippen LogP contribution in [0.5, 0.6) is 5.75 Å². The minimum absolute atomic E-state index is 0.0872. The van der Waals surface area contributed by atoms with Crippen molar-refractivity contribution >= 4 is 34.5 Å². The molecule has 0 atom stereocenters. The van der Waals surface area contributed by atoms with Crippen LogP contribution in [0.15, 0.2) is 41.8 Å². The summed E-state index contributed by atoms with van der Waals surface area (Å²) in [4.78, 5) is 13.1. The topological polar surface area (TPSA) is 67.0 Å². The first-order valence-electron chi connectivity index (χ1n) is 6.90. The molecule has 2 N–H and O–H groups in total. The predicted octanol–water partition coefficient (Wildman–Crippen LogP) is 4.12. The Hall–Kier alpha value is -2.31. The minimum atomic E-state index is -0.248. The van der Waals surface area contributed by atoms with E-state index in [0.717, 1.165) is 16.3 Å². The lowest BCUT2D eigenvalue weighted by Crippen LogP contribution is -2.20. The van der Waals surface area contributed by atoms with E-state index in [9.17, 15) is 4.79 Å². The molecule has 3 aromatic rings. The summed E-state index contributed by atoms with van der Waals surface area (Å²) in [5.41, 5.74) is 2.21. The number of hydrogen-bond acceptors (Lipinski definition) is 4. The maximum atomic E-state index is 12.1. The Bertz CT molecular complexity index is 797. The fourth-order valence-corrected chi connectivity index (χ4v) is 2.88. The van der Waals surface area contributed by atoms with Crippen LogP contribution in [-0.4, -0.2) is 22.7 Å². The van der Waals surface area contributed by atoms with E-state index in [0.29, 0.717) is 16.5 Å². The lowest BCUT2D eigenvalue weighted by atomic mass is 10.2. The molecule has 23 heavy (non-hydrogen) atoms. The van der Waals surface area contributed by atoms with Gasteiger partial charge in [0, 0.05) is 5.02 Å². The van der Waals surface area contributed by atoms with Gasteiger partial charge in [0.2, 0.25) is 0 Å². The number of rotatable bonds is 5. The number of nitrogens with zero attached hydrogens (tertiary/aromatic N) is 1. The zero-order chi connectivity index (χ0) is 16.2. The molecular weight excluding hydrogens is 334 g/mol. The summed E-state index contributed by atoms with van der Waals surface area (Å²) in [7, 11) is 0. The summed E-state index contributed by atoms with van der Waals surface area (Å²) in [5, 5.41) is 12.6. The first-order chi connectivity index (χ1) is 11.1. The zero-order valence-electron chi connectivity index (χ0n) is 12.3. The van der Waals surface area contributed by atoms with Crippen LogP contribution in [0.25, 0.3) is 10.6 Å². The molecule has 0 aliphatic rings. The number of carbonyl (C=O) groups is 1. The lowest BCUT2D eigenvalue weighted by molar-refractivity contribution is -0.118. The van der Waals surface area contributed by atoms with Gasteiger partial charge in [0.1, 0.15) is 11.4 Å². The Morgan fingerprint density at radius 2 is 2.13 bits per heavy atom. The number of thiophene rings is 1. The van der Waals surface area contributed by atoms with E-state index in [1.807, 2.05) is 24.4 Å². The largest absolute Gasteiger partial charge is 0.484 e. The number of aryl methyl sites for hydroxylation is 1. The SMILES string of the molecule is Cc1[nH]nc(-c2cccs2)c1NC(=O)COc1ccc(Cl)cc1. The quantitative estimate of drug-likeness (QED) is 0.729. The van der Waals surface area contributed by atoms with Gasteiger partial charge in [-0.1, -0.05) is 17.7 Å². The van der Waals surface area contributed by atoms with Gasteiger partial charge < -0.3 is 10.1 Å². The monoisotopic (exact) mass is 347 g/mol. The first kappa shape index (κ1) is 15.6. The molecule has 1 amide bonds. The van der Waals surface area contributed by atoms with Crippen molar-refractivity contribution in [2.24, 2.45) is 0 Å². The van der Waals surface area contributed by atoms with Gasteiger partial charge in [-0.2, -0.15) is 5.10 Å². The highest BCUT2D eigenvalue weighted by molar-refractivity contribution is 7.13. The number of halogens is 1. The molecule has 0 radical (unpaired) electrons. The van der Waals surface area contributed by atoms with Crippen molar-refractivity contribution in [1.29, 1.82) is 0 Å².